The SMILES string of the molecule is CCn1c(OC)nnc1[C@@H](C)NS(=O)(=O)Cc1ccccn1. The summed E-state index contributed by atoms with van der Waals surface area (Å²) in [6.07, 6.45) is 1.56. The van der Waals surface area contributed by atoms with Crippen molar-refractivity contribution in [1.29, 1.82) is 0 Å². The van der Waals surface area contributed by atoms with E-state index in [4.69, 9.17) is 4.74 Å². The third-order valence-corrected chi connectivity index (χ3v) is 4.44. The molecule has 0 saturated carbocycles. The molecule has 2 heterocycles. The number of hydrogen-bond acceptors (Lipinski definition) is 6. The second kappa shape index (κ2) is 6.84. The van der Waals surface area contributed by atoms with E-state index in [1.807, 2.05) is 6.92 Å². The molecule has 0 fully saturated rings. The van der Waals surface area contributed by atoms with Gasteiger partial charge in [0, 0.05) is 12.7 Å². The predicted molar refractivity (Wildman–Crippen MR) is 80.7 cm³/mol. The first kappa shape index (κ1) is 16.4. The molecule has 2 rings (SSSR count). The van der Waals surface area contributed by atoms with E-state index in [0.29, 0.717) is 24.1 Å². The molecule has 0 unspecified atom stereocenters. The summed E-state index contributed by atoms with van der Waals surface area (Å²) in [6, 6.07) is 4.99. The second-order valence-electron chi connectivity index (χ2n) is 4.71. The Balaban J connectivity index is 2.14. The van der Waals surface area contributed by atoms with Crippen molar-refractivity contribution in [2.24, 2.45) is 0 Å². The summed E-state index contributed by atoms with van der Waals surface area (Å²) in [5.41, 5.74) is 0.483. The molecule has 0 aromatic carbocycles. The lowest BCUT2D eigenvalue weighted by molar-refractivity contribution is 0.354. The van der Waals surface area contributed by atoms with Gasteiger partial charge in [0.2, 0.25) is 10.0 Å². The van der Waals surface area contributed by atoms with Crippen LogP contribution < -0.4 is 9.46 Å². The number of sulfonamides is 1. The van der Waals surface area contributed by atoms with Crippen LogP contribution in [0.25, 0.3) is 0 Å². The lowest BCUT2D eigenvalue weighted by Gasteiger charge is -2.14. The maximum Gasteiger partial charge on any atom is 0.316 e. The Kier molecular flexibility index (Phi) is 5.09. The van der Waals surface area contributed by atoms with Gasteiger partial charge in [0.15, 0.2) is 5.82 Å². The average molecular weight is 325 g/mol. The van der Waals surface area contributed by atoms with Crippen LogP contribution >= 0.6 is 0 Å². The smallest absolute Gasteiger partial charge is 0.316 e. The lowest BCUT2D eigenvalue weighted by atomic mass is 10.3. The number of nitrogens with zero attached hydrogens (tertiary/aromatic N) is 4. The standard InChI is InChI=1S/C13H19N5O3S/c1-4-18-12(15-16-13(18)21-3)10(2)17-22(19,20)9-11-7-5-6-8-14-11/h5-8,10,17H,4,9H2,1-3H3/t10-/m1/s1. The molecule has 22 heavy (non-hydrogen) atoms. The number of rotatable bonds is 7. The summed E-state index contributed by atoms with van der Waals surface area (Å²) in [7, 11) is -2.04. The Bertz CT molecular complexity index is 715. The zero-order valence-corrected chi connectivity index (χ0v) is 13.5. The van der Waals surface area contributed by atoms with Crippen molar-refractivity contribution in [1.82, 2.24) is 24.5 Å². The van der Waals surface area contributed by atoms with Crippen molar-refractivity contribution in [3.8, 4) is 6.01 Å². The molecule has 0 spiro atoms. The van der Waals surface area contributed by atoms with Crippen LogP contribution in [0.1, 0.15) is 31.4 Å². The minimum Gasteiger partial charge on any atom is -0.467 e. The van der Waals surface area contributed by atoms with Gasteiger partial charge < -0.3 is 4.74 Å². The largest absolute Gasteiger partial charge is 0.467 e. The van der Waals surface area contributed by atoms with Gasteiger partial charge >= 0.3 is 6.01 Å². The van der Waals surface area contributed by atoms with Crippen LogP contribution in [0, 0.1) is 0 Å². The molecular weight excluding hydrogens is 306 g/mol. The Morgan fingerprint density at radius 2 is 2.14 bits per heavy atom. The highest BCUT2D eigenvalue weighted by Gasteiger charge is 2.22. The molecule has 9 heteroatoms. The summed E-state index contributed by atoms with van der Waals surface area (Å²) < 4.78 is 33.8. The van der Waals surface area contributed by atoms with Gasteiger partial charge in [0.1, 0.15) is 5.75 Å². The number of hydrogen-bond donors (Lipinski definition) is 1. The fourth-order valence-corrected chi connectivity index (χ4v) is 3.40. The Hall–Kier alpha value is -2.00. The third-order valence-electron chi connectivity index (χ3n) is 3.05. The van der Waals surface area contributed by atoms with Crippen molar-refractivity contribution in [3.05, 3.63) is 35.9 Å². The van der Waals surface area contributed by atoms with Gasteiger partial charge in [-0.3, -0.25) is 9.55 Å². The molecule has 2 aromatic rings. The van der Waals surface area contributed by atoms with Gasteiger partial charge in [-0.05, 0) is 26.0 Å². The van der Waals surface area contributed by atoms with Crippen molar-refractivity contribution in [2.45, 2.75) is 32.2 Å². The molecule has 0 aliphatic heterocycles. The van der Waals surface area contributed by atoms with E-state index in [2.05, 4.69) is 19.9 Å². The monoisotopic (exact) mass is 325 g/mol. The van der Waals surface area contributed by atoms with Crippen molar-refractivity contribution < 1.29 is 13.2 Å². The molecule has 1 atom stereocenters. The average Bonchev–Trinajstić information content (AvgIpc) is 2.90. The van der Waals surface area contributed by atoms with Crippen molar-refractivity contribution in [3.63, 3.8) is 0 Å². The minimum atomic E-state index is -3.54. The first-order chi connectivity index (χ1) is 10.5. The first-order valence-corrected chi connectivity index (χ1v) is 8.49. The van der Waals surface area contributed by atoms with Gasteiger partial charge in [0.05, 0.1) is 18.8 Å². The summed E-state index contributed by atoms with van der Waals surface area (Å²) in [4.78, 5) is 4.02. The molecule has 0 aliphatic rings. The maximum atomic E-state index is 12.2. The molecule has 2 aromatic heterocycles. The van der Waals surface area contributed by atoms with Crippen LogP contribution in [0.4, 0.5) is 0 Å². The third kappa shape index (κ3) is 3.80. The Morgan fingerprint density at radius 3 is 2.73 bits per heavy atom. The van der Waals surface area contributed by atoms with Crippen LogP contribution in [0.2, 0.25) is 0 Å². The zero-order valence-electron chi connectivity index (χ0n) is 12.7. The van der Waals surface area contributed by atoms with Crippen LogP contribution in [-0.4, -0.2) is 35.3 Å². The summed E-state index contributed by atoms with van der Waals surface area (Å²) in [5, 5.41) is 7.88. The number of aromatic nitrogens is 4. The fraction of sp³-hybridized carbons (Fsp3) is 0.462. The van der Waals surface area contributed by atoms with E-state index in [9.17, 15) is 8.42 Å². The zero-order chi connectivity index (χ0) is 16.2. The number of nitrogens with one attached hydrogen (secondary N) is 1. The molecule has 0 saturated heterocycles. The van der Waals surface area contributed by atoms with E-state index < -0.39 is 16.1 Å². The molecule has 0 radical (unpaired) electrons. The van der Waals surface area contributed by atoms with Gasteiger partial charge in [-0.1, -0.05) is 11.2 Å². The van der Waals surface area contributed by atoms with Crippen molar-refractivity contribution in [2.75, 3.05) is 7.11 Å². The summed E-state index contributed by atoms with van der Waals surface area (Å²) in [5.74, 6) is 0.319. The van der Waals surface area contributed by atoms with E-state index >= 15 is 0 Å². The topological polar surface area (TPSA) is 99.0 Å². The second-order valence-corrected chi connectivity index (χ2v) is 6.46. The Labute approximate surface area is 129 Å². The van der Waals surface area contributed by atoms with Gasteiger partial charge in [0.25, 0.3) is 0 Å². The minimum absolute atomic E-state index is 0.185. The Morgan fingerprint density at radius 1 is 1.36 bits per heavy atom. The normalized spacial score (nSPS) is 13.0. The molecule has 8 nitrogen and oxygen atoms in total. The lowest BCUT2D eigenvalue weighted by Crippen LogP contribution is -2.30. The van der Waals surface area contributed by atoms with Crippen LogP contribution in [0.3, 0.4) is 0 Å². The molecule has 0 bridgehead atoms. The molecular formula is C13H19N5O3S. The summed E-state index contributed by atoms with van der Waals surface area (Å²) in [6.45, 7) is 4.20. The van der Waals surface area contributed by atoms with Crippen LogP contribution in [0.15, 0.2) is 24.4 Å². The highest BCUT2D eigenvalue weighted by atomic mass is 32.2. The van der Waals surface area contributed by atoms with E-state index in [0.717, 1.165) is 0 Å². The van der Waals surface area contributed by atoms with Crippen LogP contribution in [0.5, 0.6) is 6.01 Å². The maximum absolute atomic E-state index is 12.2. The highest BCUT2D eigenvalue weighted by Crippen LogP contribution is 2.17. The van der Waals surface area contributed by atoms with Gasteiger partial charge in [-0.25, -0.2) is 13.1 Å². The molecule has 0 amide bonds. The summed E-state index contributed by atoms with van der Waals surface area (Å²) >= 11 is 0. The van der Waals surface area contributed by atoms with Gasteiger partial charge in [-0.15, -0.1) is 5.10 Å². The predicted octanol–water partition coefficient (Wildman–Crippen LogP) is 0.882. The number of methoxy groups -OCH3 is 1. The number of pyridine rings is 1. The fourth-order valence-electron chi connectivity index (χ4n) is 2.11. The molecule has 120 valence electrons. The van der Waals surface area contributed by atoms with Crippen LogP contribution in [-0.2, 0) is 22.3 Å². The van der Waals surface area contributed by atoms with Crippen molar-refractivity contribution >= 4 is 10.0 Å². The highest BCUT2D eigenvalue weighted by molar-refractivity contribution is 7.88. The van der Waals surface area contributed by atoms with E-state index in [1.54, 1.807) is 35.9 Å². The van der Waals surface area contributed by atoms with E-state index in [1.165, 1.54) is 7.11 Å². The quantitative estimate of drug-likeness (QED) is 0.811. The number of ether oxygens (including phenoxy) is 1. The molecule has 1 N–H and O–H groups in total. The first-order valence-electron chi connectivity index (χ1n) is 6.84. The molecule has 0 aliphatic carbocycles. The van der Waals surface area contributed by atoms with Gasteiger partial charge in [-0.2, -0.15) is 0 Å². The van der Waals surface area contributed by atoms with E-state index in [-0.39, 0.29) is 5.75 Å².